The predicted octanol–water partition coefficient (Wildman–Crippen LogP) is 3.74. The normalized spacial score (nSPS) is 11.6. The van der Waals surface area contributed by atoms with Gasteiger partial charge in [0, 0.05) is 13.1 Å². The Kier molecular flexibility index (Phi) is 6.63. The molecule has 1 aromatic rings. The molecule has 0 unspecified atom stereocenters. The van der Waals surface area contributed by atoms with Crippen molar-refractivity contribution >= 4 is 12.2 Å². The quantitative estimate of drug-likeness (QED) is 0.878. The van der Waals surface area contributed by atoms with E-state index in [9.17, 15) is 9.59 Å². The summed E-state index contributed by atoms with van der Waals surface area (Å²) in [5, 5.41) is 5.41. The third-order valence-corrected chi connectivity index (χ3v) is 2.66. The van der Waals surface area contributed by atoms with Crippen molar-refractivity contribution in [3.05, 3.63) is 35.4 Å². The molecular formula is C18H28N2O4. The van der Waals surface area contributed by atoms with Crippen molar-refractivity contribution in [1.29, 1.82) is 0 Å². The Hall–Kier alpha value is -2.24. The molecule has 24 heavy (non-hydrogen) atoms. The van der Waals surface area contributed by atoms with Crippen molar-refractivity contribution in [2.75, 3.05) is 0 Å². The van der Waals surface area contributed by atoms with E-state index in [0.717, 1.165) is 11.1 Å². The number of hydrogen-bond donors (Lipinski definition) is 2. The zero-order chi connectivity index (χ0) is 18.4. The van der Waals surface area contributed by atoms with Gasteiger partial charge in [-0.15, -0.1) is 0 Å². The Morgan fingerprint density at radius 3 is 1.54 bits per heavy atom. The maximum atomic E-state index is 11.7. The van der Waals surface area contributed by atoms with E-state index < -0.39 is 23.4 Å². The van der Waals surface area contributed by atoms with Gasteiger partial charge in [0.1, 0.15) is 11.2 Å². The Morgan fingerprint density at radius 2 is 1.21 bits per heavy atom. The lowest BCUT2D eigenvalue weighted by atomic mass is 10.1. The molecular weight excluding hydrogens is 308 g/mol. The Bertz CT molecular complexity index is 524. The number of ether oxygens (including phenoxy) is 2. The van der Waals surface area contributed by atoms with Gasteiger partial charge in [-0.3, -0.25) is 0 Å². The molecule has 2 amide bonds. The van der Waals surface area contributed by atoms with Gasteiger partial charge >= 0.3 is 12.2 Å². The summed E-state index contributed by atoms with van der Waals surface area (Å²) in [6.45, 7) is 11.6. The molecule has 0 bridgehead atoms. The van der Waals surface area contributed by atoms with Crippen molar-refractivity contribution in [3.63, 3.8) is 0 Å². The minimum absolute atomic E-state index is 0.356. The van der Waals surface area contributed by atoms with Gasteiger partial charge in [-0.2, -0.15) is 0 Å². The molecule has 0 aliphatic rings. The second-order valence-electron chi connectivity index (χ2n) is 7.53. The van der Waals surface area contributed by atoms with Gasteiger partial charge in [-0.25, -0.2) is 9.59 Å². The third kappa shape index (κ3) is 9.02. The van der Waals surface area contributed by atoms with Crippen molar-refractivity contribution in [2.45, 2.75) is 65.8 Å². The van der Waals surface area contributed by atoms with Crippen LogP contribution in [0.1, 0.15) is 52.7 Å². The van der Waals surface area contributed by atoms with Gasteiger partial charge in [-0.1, -0.05) is 24.3 Å². The van der Waals surface area contributed by atoms with Crippen LogP contribution in [0.15, 0.2) is 24.3 Å². The fourth-order valence-electron chi connectivity index (χ4n) is 1.83. The number of carbonyl (C=O) groups excluding carboxylic acids is 2. The number of carbonyl (C=O) groups is 2. The molecule has 1 rings (SSSR count). The van der Waals surface area contributed by atoms with Gasteiger partial charge in [0.25, 0.3) is 0 Å². The van der Waals surface area contributed by atoms with Crippen LogP contribution in [0.2, 0.25) is 0 Å². The SMILES string of the molecule is CC(C)(C)OC(=O)NCc1cccc(CNC(=O)OC(C)(C)C)c1. The molecule has 0 aromatic heterocycles. The summed E-state index contributed by atoms with van der Waals surface area (Å²) >= 11 is 0. The number of rotatable bonds is 4. The van der Waals surface area contributed by atoms with Gasteiger partial charge in [0.2, 0.25) is 0 Å². The van der Waals surface area contributed by atoms with Gasteiger partial charge in [0.15, 0.2) is 0 Å². The Balaban J connectivity index is 2.49. The first-order valence-electron chi connectivity index (χ1n) is 7.96. The highest BCUT2D eigenvalue weighted by atomic mass is 16.6. The van der Waals surface area contributed by atoms with Crippen LogP contribution in [0, 0.1) is 0 Å². The summed E-state index contributed by atoms with van der Waals surface area (Å²) in [6.07, 6.45) is -0.917. The molecule has 0 spiro atoms. The summed E-state index contributed by atoms with van der Waals surface area (Å²) in [4.78, 5) is 23.3. The van der Waals surface area contributed by atoms with E-state index in [0.29, 0.717) is 13.1 Å². The molecule has 0 radical (unpaired) electrons. The van der Waals surface area contributed by atoms with Gasteiger partial charge in [0.05, 0.1) is 0 Å². The molecule has 0 aliphatic heterocycles. The average molecular weight is 336 g/mol. The molecule has 2 N–H and O–H groups in total. The summed E-state index contributed by atoms with van der Waals surface area (Å²) in [7, 11) is 0. The fourth-order valence-corrected chi connectivity index (χ4v) is 1.83. The van der Waals surface area contributed by atoms with E-state index in [1.165, 1.54) is 0 Å². The number of hydrogen-bond acceptors (Lipinski definition) is 4. The topological polar surface area (TPSA) is 76.7 Å². The minimum Gasteiger partial charge on any atom is -0.444 e. The number of nitrogens with one attached hydrogen (secondary N) is 2. The standard InChI is InChI=1S/C18H28N2O4/c1-17(2,3)23-15(21)19-11-13-8-7-9-14(10-13)12-20-16(22)24-18(4,5)6/h7-10H,11-12H2,1-6H3,(H,19,21)(H,20,22). The second-order valence-corrected chi connectivity index (χ2v) is 7.53. The van der Waals surface area contributed by atoms with E-state index >= 15 is 0 Å². The van der Waals surface area contributed by atoms with Gasteiger partial charge < -0.3 is 20.1 Å². The average Bonchev–Trinajstić information content (AvgIpc) is 2.40. The van der Waals surface area contributed by atoms with Crippen LogP contribution in [-0.4, -0.2) is 23.4 Å². The molecule has 0 fully saturated rings. The maximum absolute atomic E-state index is 11.7. The smallest absolute Gasteiger partial charge is 0.407 e. The Labute approximate surface area is 143 Å². The maximum Gasteiger partial charge on any atom is 0.407 e. The summed E-state index contributed by atoms with van der Waals surface area (Å²) in [5.41, 5.74) is 0.792. The van der Waals surface area contributed by atoms with E-state index in [-0.39, 0.29) is 0 Å². The van der Waals surface area contributed by atoms with Crippen molar-refractivity contribution in [2.24, 2.45) is 0 Å². The van der Waals surface area contributed by atoms with Crippen LogP contribution in [0.3, 0.4) is 0 Å². The molecule has 6 heteroatoms. The van der Waals surface area contributed by atoms with Crippen molar-refractivity contribution in [3.8, 4) is 0 Å². The number of alkyl carbamates (subject to hydrolysis) is 2. The van der Waals surface area contributed by atoms with Crippen LogP contribution in [-0.2, 0) is 22.6 Å². The van der Waals surface area contributed by atoms with E-state index in [2.05, 4.69) is 10.6 Å². The van der Waals surface area contributed by atoms with E-state index in [1.54, 1.807) is 0 Å². The third-order valence-electron chi connectivity index (χ3n) is 2.66. The molecule has 0 atom stereocenters. The minimum atomic E-state index is -0.525. The highest BCUT2D eigenvalue weighted by Crippen LogP contribution is 2.09. The lowest BCUT2D eigenvalue weighted by Gasteiger charge is -2.20. The molecule has 0 saturated carbocycles. The number of benzene rings is 1. The van der Waals surface area contributed by atoms with Crippen LogP contribution in [0.4, 0.5) is 9.59 Å². The molecule has 1 aromatic carbocycles. The zero-order valence-corrected chi connectivity index (χ0v) is 15.4. The lowest BCUT2D eigenvalue weighted by molar-refractivity contribution is 0.0513. The molecule has 0 saturated heterocycles. The monoisotopic (exact) mass is 336 g/mol. The molecule has 0 heterocycles. The first kappa shape index (κ1) is 19.8. The summed E-state index contributed by atoms with van der Waals surface area (Å²) < 4.78 is 10.4. The van der Waals surface area contributed by atoms with E-state index in [1.807, 2.05) is 65.8 Å². The fraction of sp³-hybridized carbons (Fsp3) is 0.556. The van der Waals surface area contributed by atoms with Crippen LogP contribution >= 0.6 is 0 Å². The van der Waals surface area contributed by atoms with Crippen LogP contribution in [0.25, 0.3) is 0 Å². The second kappa shape index (κ2) is 8.04. The predicted molar refractivity (Wildman–Crippen MR) is 92.6 cm³/mol. The molecule has 134 valence electrons. The van der Waals surface area contributed by atoms with Crippen molar-refractivity contribution in [1.82, 2.24) is 10.6 Å². The Morgan fingerprint density at radius 1 is 0.833 bits per heavy atom. The first-order chi connectivity index (χ1) is 10.9. The number of amides is 2. The molecule has 6 nitrogen and oxygen atoms in total. The first-order valence-corrected chi connectivity index (χ1v) is 7.96. The van der Waals surface area contributed by atoms with E-state index in [4.69, 9.17) is 9.47 Å². The van der Waals surface area contributed by atoms with Crippen molar-refractivity contribution < 1.29 is 19.1 Å². The van der Waals surface area contributed by atoms with Crippen LogP contribution in [0.5, 0.6) is 0 Å². The highest BCUT2D eigenvalue weighted by Gasteiger charge is 2.16. The summed E-state index contributed by atoms with van der Waals surface area (Å²) in [5.74, 6) is 0. The highest BCUT2D eigenvalue weighted by molar-refractivity contribution is 5.68. The molecule has 0 aliphatic carbocycles. The zero-order valence-electron chi connectivity index (χ0n) is 15.4. The van der Waals surface area contributed by atoms with Gasteiger partial charge in [-0.05, 0) is 52.7 Å². The largest absolute Gasteiger partial charge is 0.444 e. The van der Waals surface area contributed by atoms with Crippen LogP contribution < -0.4 is 10.6 Å². The lowest BCUT2D eigenvalue weighted by Crippen LogP contribution is -2.32. The summed E-state index contributed by atoms with van der Waals surface area (Å²) in [6, 6.07) is 7.58.